The number of benzene rings is 3. The Morgan fingerprint density at radius 3 is 1.40 bits per heavy atom. The third kappa shape index (κ3) is 11.0. The second-order valence-electron chi connectivity index (χ2n) is 26.9. The van der Waals surface area contributed by atoms with Gasteiger partial charge in [-0.3, -0.25) is 15.0 Å². The number of sulfone groups is 3. The fraction of sp³-hybridized carbons (Fsp3) is 0.650. The molecule has 1 saturated carbocycles. The van der Waals surface area contributed by atoms with E-state index < -0.39 is 105 Å². The van der Waals surface area contributed by atoms with Crippen molar-refractivity contribution in [3.8, 4) is 11.5 Å². The first kappa shape index (κ1) is 64.2. The molecule has 1 aliphatic carbocycles. The molecule has 0 radical (unpaired) electrons. The monoisotopic (exact) mass is 1220 g/mol. The van der Waals surface area contributed by atoms with Gasteiger partial charge in [-0.15, -0.1) is 0 Å². The number of hydrogen-bond acceptors (Lipinski definition) is 17. The van der Waals surface area contributed by atoms with Crippen molar-refractivity contribution in [3.05, 3.63) is 94.8 Å². The lowest BCUT2D eigenvalue weighted by molar-refractivity contribution is -0.0857. The number of nitrogens with two attached hydrogens (primary N) is 3. The highest BCUT2D eigenvalue weighted by molar-refractivity contribution is 7.95. The molecule has 3 saturated heterocycles. The van der Waals surface area contributed by atoms with E-state index in [1.165, 1.54) is 30.3 Å². The van der Waals surface area contributed by atoms with Crippen molar-refractivity contribution in [2.45, 2.75) is 205 Å². The smallest absolute Gasteiger partial charge is 0.168 e. The maximum Gasteiger partial charge on any atom is 0.168 e. The van der Waals surface area contributed by atoms with E-state index in [1.54, 1.807) is 71.9 Å². The summed E-state index contributed by atoms with van der Waals surface area (Å²) < 4.78 is 152. The van der Waals surface area contributed by atoms with Gasteiger partial charge in [-0.05, 0) is 162 Å². The van der Waals surface area contributed by atoms with Crippen LogP contribution in [-0.2, 0) is 60.3 Å². The van der Waals surface area contributed by atoms with Crippen molar-refractivity contribution in [1.29, 1.82) is 0 Å². The van der Waals surface area contributed by atoms with Gasteiger partial charge in [0, 0.05) is 16.7 Å². The van der Waals surface area contributed by atoms with Crippen molar-refractivity contribution in [2.24, 2.45) is 44.0 Å². The summed E-state index contributed by atoms with van der Waals surface area (Å²) in [6.45, 7) is 25.0. The van der Waals surface area contributed by atoms with E-state index in [9.17, 15) is 29.6 Å². The minimum atomic E-state index is -3.79. The van der Waals surface area contributed by atoms with Gasteiger partial charge < -0.3 is 40.9 Å². The fourth-order valence-electron chi connectivity index (χ4n) is 11.9. The highest BCUT2D eigenvalue weighted by Gasteiger charge is 2.65. The molecule has 0 spiro atoms. The van der Waals surface area contributed by atoms with E-state index in [0.29, 0.717) is 18.1 Å². The summed E-state index contributed by atoms with van der Waals surface area (Å²) in [5.74, 6) is -0.231. The highest BCUT2D eigenvalue weighted by atomic mass is 32.2. The standard InChI is InChI=1S/C21H29FN2O4S.C21H31FN2O4S.C18H25FN2O3S/c1-19(2)11-17-21(12-27-19,24-18(23)20(3,4)29(17,25)26)15-10-14(8-9-16(15)22)28-13-6-5-7-13;1-13(2)11-27-14-7-8-16(22)15(9-14)21-12-28-19(3,4)10-17(21)29(25,26)20(5,6)18(23)24-21;1-11(2)14-9-15-18(10-24-14,12-7-5-6-8-13(12)19)21-16(20)17(3,4)25(15,22)23/h8-10,13,17H,5-7,11-12H2,1-4H3,(H2,23,24);7-9,13,17H,10-12H2,1-6H3,(H2,23,24);5-8,11,14-15H,9-10H2,1-4H3,(H2,20,21)/t2*17-,21-;14-,15-,18-/m111/s1. The van der Waals surface area contributed by atoms with Gasteiger partial charge in [0.2, 0.25) is 0 Å². The van der Waals surface area contributed by atoms with Crippen molar-refractivity contribution in [2.75, 3.05) is 26.4 Å². The quantitative estimate of drug-likeness (QED) is 0.181. The van der Waals surface area contributed by atoms with E-state index in [4.69, 9.17) is 40.9 Å². The van der Waals surface area contributed by atoms with Gasteiger partial charge in [0.05, 0.1) is 65.6 Å². The van der Waals surface area contributed by atoms with Crippen molar-refractivity contribution in [1.82, 2.24) is 0 Å². The first-order chi connectivity index (χ1) is 38.2. The number of ether oxygens (including phenoxy) is 5. The Labute approximate surface area is 488 Å². The van der Waals surface area contributed by atoms with E-state index in [-0.39, 0.29) is 97.3 Å². The molecule has 6 N–H and O–H groups in total. The lowest BCUT2D eigenvalue weighted by atomic mass is 9.79. The summed E-state index contributed by atoms with van der Waals surface area (Å²) in [4.78, 5) is 13.8. The van der Waals surface area contributed by atoms with Crippen LogP contribution in [0.2, 0.25) is 0 Å². The van der Waals surface area contributed by atoms with Crippen LogP contribution < -0.4 is 26.7 Å². The van der Waals surface area contributed by atoms with Gasteiger partial charge in [0.1, 0.15) is 77.3 Å². The third-order valence-corrected chi connectivity index (χ3v) is 27.0. The molecule has 10 rings (SSSR count). The molecule has 7 aliphatic rings. The Kier molecular flexibility index (Phi) is 16.9. The van der Waals surface area contributed by atoms with Gasteiger partial charge in [-0.25, -0.2) is 38.4 Å². The minimum Gasteiger partial charge on any atom is -0.493 e. The first-order valence-corrected chi connectivity index (χ1v) is 33.1. The highest BCUT2D eigenvalue weighted by Crippen LogP contribution is 2.53. The number of halogens is 3. The second kappa shape index (κ2) is 21.9. The molecule has 0 unspecified atom stereocenters. The SMILES string of the molecule is CC(C)COc1ccc(F)c([C@]23COC(C)(C)C[C@H]2S(=O)(=O)C(C)(C)C(N)=N3)c1.CC(C)[C@H]1C[C@@H]2[C@](c3ccccc3F)(CO1)N=C(N)C(C)(C)S2(=O)=O.CC1(C)C[C@@H]2[C@](c3cc(OC4CCC4)ccc3F)(CO1)N=C(N)C(C)(C)S2(=O)=O. The van der Waals surface area contributed by atoms with Crippen molar-refractivity contribution >= 4 is 47.0 Å². The summed E-state index contributed by atoms with van der Waals surface area (Å²) in [5, 5.41) is -2.79. The van der Waals surface area contributed by atoms with Crippen LogP contribution in [0.5, 0.6) is 11.5 Å². The number of aliphatic imine (C=N–C) groups is 3. The fourth-order valence-corrected chi connectivity index (χ4v) is 19.0. The molecule has 83 heavy (non-hydrogen) atoms. The van der Waals surface area contributed by atoms with E-state index in [2.05, 4.69) is 15.0 Å². The van der Waals surface area contributed by atoms with Crippen molar-refractivity contribution in [3.63, 3.8) is 0 Å². The lowest BCUT2D eigenvalue weighted by Gasteiger charge is -2.51. The molecule has 6 aliphatic heterocycles. The molecule has 4 fully saturated rings. The number of rotatable bonds is 9. The average molecular weight is 1220 g/mol. The summed E-state index contributed by atoms with van der Waals surface area (Å²) in [5.41, 5.74) is 13.3. The van der Waals surface area contributed by atoms with Crippen LogP contribution in [0.3, 0.4) is 0 Å². The molecule has 6 heterocycles. The number of amidine groups is 3. The number of fused-ring (bicyclic) bond motifs is 3. The number of nitrogens with zero attached hydrogens (tertiary/aromatic N) is 3. The van der Waals surface area contributed by atoms with Gasteiger partial charge in [0.25, 0.3) is 0 Å². The van der Waals surface area contributed by atoms with Gasteiger partial charge in [-0.1, -0.05) is 45.9 Å². The Morgan fingerprint density at radius 1 is 0.566 bits per heavy atom. The maximum absolute atomic E-state index is 15.1. The normalized spacial score (nSPS) is 31.9. The van der Waals surface area contributed by atoms with Crippen LogP contribution in [0, 0.1) is 29.3 Å². The minimum absolute atomic E-state index is 0.00130. The predicted molar refractivity (Wildman–Crippen MR) is 317 cm³/mol. The molecule has 7 atom stereocenters. The van der Waals surface area contributed by atoms with Crippen LogP contribution in [0.1, 0.15) is 152 Å². The van der Waals surface area contributed by atoms with Crippen molar-refractivity contribution < 1.29 is 62.1 Å². The summed E-state index contributed by atoms with van der Waals surface area (Å²) in [7, 11) is -11.3. The molecule has 17 nitrogen and oxygen atoms in total. The second-order valence-corrected chi connectivity index (χ2v) is 34.9. The zero-order chi connectivity index (χ0) is 61.7. The summed E-state index contributed by atoms with van der Waals surface area (Å²) >= 11 is 0. The number of hydrogen-bond donors (Lipinski definition) is 3. The molecule has 3 aromatic rings. The molecule has 0 amide bonds. The summed E-state index contributed by atoms with van der Waals surface area (Å²) in [6, 6.07) is 15.0. The van der Waals surface area contributed by atoms with E-state index in [0.717, 1.165) is 19.3 Å². The van der Waals surface area contributed by atoms with Gasteiger partial charge in [-0.2, -0.15) is 0 Å². The molecular weight excluding hydrogens is 1130 g/mol. The van der Waals surface area contributed by atoms with E-state index >= 15 is 8.78 Å². The molecular formula is C60H85F3N6O11S3. The lowest BCUT2D eigenvalue weighted by Crippen LogP contribution is -2.66. The molecule has 23 heteroatoms. The van der Waals surface area contributed by atoms with Crippen LogP contribution in [0.15, 0.2) is 75.6 Å². The molecule has 0 aromatic heterocycles. The van der Waals surface area contributed by atoms with Crippen LogP contribution >= 0.6 is 0 Å². The van der Waals surface area contributed by atoms with Gasteiger partial charge >= 0.3 is 0 Å². The zero-order valence-corrected chi connectivity index (χ0v) is 52.8. The van der Waals surface area contributed by atoms with Crippen LogP contribution in [0.25, 0.3) is 0 Å². The predicted octanol–water partition coefficient (Wildman–Crippen LogP) is 8.67. The van der Waals surface area contributed by atoms with Crippen LogP contribution in [-0.4, -0.2) is 123 Å². The topological polar surface area (TPSA) is 264 Å². The Bertz CT molecular complexity index is 3440. The molecule has 3 aromatic carbocycles. The Morgan fingerprint density at radius 2 is 0.976 bits per heavy atom. The first-order valence-electron chi connectivity index (χ1n) is 28.5. The Hall–Kier alpha value is -4.81. The largest absolute Gasteiger partial charge is 0.493 e. The van der Waals surface area contributed by atoms with Crippen LogP contribution in [0.4, 0.5) is 13.2 Å². The Balaban J connectivity index is 0.000000163. The molecule has 460 valence electrons. The van der Waals surface area contributed by atoms with E-state index in [1.807, 2.05) is 55.4 Å². The van der Waals surface area contributed by atoms with Gasteiger partial charge in [0.15, 0.2) is 29.5 Å². The summed E-state index contributed by atoms with van der Waals surface area (Å²) in [6.07, 6.45) is 3.60. The average Bonchev–Trinajstić information content (AvgIpc) is 0.879. The third-order valence-electron chi connectivity index (χ3n) is 18.2. The molecule has 0 bridgehead atoms. The maximum atomic E-state index is 15.1. The zero-order valence-electron chi connectivity index (χ0n) is 50.3.